The van der Waals surface area contributed by atoms with Crippen molar-refractivity contribution < 1.29 is 13.2 Å². The maximum Gasteiger partial charge on any atom is 0.243 e. The lowest BCUT2D eigenvalue weighted by Gasteiger charge is -2.17. The molecule has 19 heavy (non-hydrogen) atoms. The zero-order chi connectivity index (χ0) is 14.0. The van der Waals surface area contributed by atoms with E-state index in [9.17, 15) is 8.42 Å². The van der Waals surface area contributed by atoms with Gasteiger partial charge in [0.05, 0.1) is 16.5 Å². The zero-order valence-electron chi connectivity index (χ0n) is 10.5. The Balaban J connectivity index is 2.21. The maximum atomic E-state index is 12.5. The highest BCUT2D eigenvalue weighted by Gasteiger charge is 2.32. The van der Waals surface area contributed by atoms with Gasteiger partial charge in [0, 0.05) is 24.7 Å². The number of sulfonamides is 1. The molecule has 1 fully saturated rings. The number of nitrogens with zero attached hydrogens (tertiary/aromatic N) is 1. The molecule has 0 saturated carbocycles. The highest BCUT2D eigenvalue weighted by molar-refractivity contribution is 9.10. The summed E-state index contributed by atoms with van der Waals surface area (Å²) in [6.45, 7) is 1.64. The van der Waals surface area contributed by atoms with Crippen LogP contribution in [-0.2, 0) is 14.8 Å². The van der Waals surface area contributed by atoms with E-state index in [0.717, 1.165) is 6.42 Å². The fourth-order valence-electron chi connectivity index (χ4n) is 2.17. The number of benzene rings is 1. The van der Waals surface area contributed by atoms with Crippen LogP contribution >= 0.6 is 27.5 Å². The third kappa shape index (κ3) is 3.31. The Morgan fingerprint density at radius 1 is 1.53 bits per heavy atom. The van der Waals surface area contributed by atoms with E-state index in [1.807, 2.05) is 0 Å². The Labute approximate surface area is 126 Å². The van der Waals surface area contributed by atoms with Gasteiger partial charge in [0.15, 0.2) is 0 Å². The molecule has 1 atom stereocenters. The van der Waals surface area contributed by atoms with Crippen LogP contribution in [0.25, 0.3) is 0 Å². The smallest absolute Gasteiger partial charge is 0.243 e. The first-order valence-electron chi connectivity index (χ1n) is 5.89. The van der Waals surface area contributed by atoms with Crippen LogP contribution in [-0.4, -0.2) is 39.5 Å². The summed E-state index contributed by atoms with van der Waals surface area (Å²) in [7, 11) is -1.81. The summed E-state index contributed by atoms with van der Waals surface area (Å²) >= 11 is 9.13. The Bertz CT molecular complexity index is 564. The third-order valence-corrected chi connectivity index (χ3v) is 6.25. The van der Waals surface area contributed by atoms with E-state index in [0.29, 0.717) is 29.2 Å². The van der Waals surface area contributed by atoms with Gasteiger partial charge in [-0.25, -0.2) is 8.42 Å². The summed E-state index contributed by atoms with van der Waals surface area (Å²) in [6.07, 6.45) is 0.835. The normalized spacial score (nSPS) is 20.9. The predicted octanol–water partition coefficient (Wildman–Crippen LogP) is 2.76. The largest absolute Gasteiger partial charge is 0.384 e. The monoisotopic (exact) mass is 367 g/mol. The quantitative estimate of drug-likeness (QED) is 0.821. The second-order valence-corrected chi connectivity index (χ2v) is 7.75. The molecule has 1 heterocycles. The van der Waals surface area contributed by atoms with Gasteiger partial charge in [-0.15, -0.1) is 0 Å². The number of hydrogen-bond acceptors (Lipinski definition) is 3. The lowest BCUT2D eigenvalue weighted by atomic mass is 10.1. The van der Waals surface area contributed by atoms with Crippen molar-refractivity contribution in [2.75, 3.05) is 26.8 Å². The van der Waals surface area contributed by atoms with Gasteiger partial charge in [0.2, 0.25) is 10.0 Å². The highest BCUT2D eigenvalue weighted by Crippen LogP contribution is 2.29. The average molecular weight is 369 g/mol. The van der Waals surface area contributed by atoms with E-state index in [4.69, 9.17) is 16.3 Å². The molecule has 1 unspecified atom stereocenters. The Kier molecular flexibility index (Phi) is 4.89. The van der Waals surface area contributed by atoms with Crippen molar-refractivity contribution in [2.24, 2.45) is 5.92 Å². The minimum absolute atomic E-state index is 0.266. The number of hydrogen-bond donors (Lipinski definition) is 0. The molecule has 1 aliphatic rings. The van der Waals surface area contributed by atoms with Crippen molar-refractivity contribution >= 4 is 37.6 Å². The Morgan fingerprint density at radius 2 is 2.26 bits per heavy atom. The lowest BCUT2D eigenvalue weighted by Crippen LogP contribution is -2.29. The summed E-state index contributed by atoms with van der Waals surface area (Å²) in [5, 5.41) is 0.498. The van der Waals surface area contributed by atoms with E-state index in [2.05, 4.69) is 15.9 Å². The SMILES string of the molecule is COCC1CCN(S(=O)(=O)c2ccc(Cl)c(Br)c2)C1. The Hall–Kier alpha value is -0.140. The van der Waals surface area contributed by atoms with Crippen LogP contribution < -0.4 is 0 Å². The molecule has 106 valence electrons. The Morgan fingerprint density at radius 3 is 2.89 bits per heavy atom. The molecule has 0 aromatic heterocycles. The lowest BCUT2D eigenvalue weighted by molar-refractivity contribution is 0.157. The van der Waals surface area contributed by atoms with Gasteiger partial charge in [-0.1, -0.05) is 11.6 Å². The molecule has 0 spiro atoms. The van der Waals surface area contributed by atoms with Gasteiger partial charge in [-0.05, 0) is 46.5 Å². The molecule has 1 saturated heterocycles. The predicted molar refractivity (Wildman–Crippen MR) is 77.9 cm³/mol. The molecule has 1 aliphatic heterocycles. The van der Waals surface area contributed by atoms with Crippen LogP contribution in [0.15, 0.2) is 27.6 Å². The third-order valence-electron chi connectivity index (χ3n) is 3.18. The molecule has 0 N–H and O–H groups in total. The topological polar surface area (TPSA) is 46.6 Å². The molecule has 0 aliphatic carbocycles. The number of halogens is 2. The number of ether oxygens (including phenoxy) is 1. The van der Waals surface area contributed by atoms with Crippen LogP contribution in [0.5, 0.6) is 0 Å². The fourth-order valence-corrected chi connectivity index (χ4v) is 4.38. The summed E-state index contributed by atoms with van der Waals surface area (Å²) in [5.41, 5.74) is 0. The molecule has 1 aromatic carbocycles. The number of rotatable bonds is 4. The number of methoxy groups -OCH3 is 1. The first kappa shape index (κ1) is 15.3. The van der Waals surface area contributed by atoms with Crippen molar-refractivity contribution in [3.8, 4) is 0 Å². The summed E-state index contributed by atoms with van der Waals surface area (Å²) < 4.78 is 32.1. The standard InChI is InChI=1S/C12H15BrClNO3S/c1-18-8-9-4-5-15(7-9)19(16,17)10-2-3-12(14)11(13)6-10/h2-3,6,9H,4-5,7-8H2,1H3. The summed E-state index contributed by atoms with van der Waals surface area (Å²) in [5.74, 6) is 0.274. The maximum absolute atomic E-state index is 12.5. The minimum atomic E-state index is -3.44. The molecule has 2 rings (SSSR count). The zero-order valence-corrected chi connectivity index (χ0v) is 13.6. The van der Waals surface area contributed by atoms with Crippen LogP contribution in [0.3, 0.4) is 0 Å². The fraction of sp³-hybridized carbons (Fsp3) is 0.500. The molecule has 0 radical (unpaired) electrons. The van der Waals surface area contributed by atoms with E-state index in [-0.39, 0.29) is 10.8 Å². The molecule has 0 amide bonds. The van der Waals surface area contributed by atoms with Gasteiger partial charge in [0.1, 0.15) is 0 Å². The second kappa shape index (κ2) is 6.10. The van der Waals surface area contributed by atoms with Crippen molar-refractivity contribution in [3.63, 3.8) is 0 Å². The first-order chi connectivity index (χ1) is 8.95. The molecule has 0 bridgehead atoms. The van der Waals surface area contributed by atoms with E-state index < -0.39 is 10.0 Å². The van der Waals surface area contributed by atoms with Crippen molar-refractivity contribution in [3.05, 3.63) is 27.7 Å². The molecule has 7 heteroatoms. The summed E-state index contributed by atoms with van der Waals surface area (Å²) in [4.78, 5) is 0.266. The van der Waals surface area contributed by atoms with Gasteiger partial charge in [0.25, 0.3) is 0 Å². The van der Waals surface area contributed by atoms with Crippen LogP contribution in [0.2, 0.25) is 5.02 Å². The van der Waals surface area contributed by atoms with Crippen LogP contribution in [0.1, 0.15) is 6.42 Å². The average Bonchev–Trinajstić information content (AvgIpc) is 2.82. The van der Waals surface area contributed by atoms with Crippen molar-refractivity contribution in [2.45, 2.75) is 11.3 Å². The van der Waals surface area contributed by atoms with Crippen molar-refractivity contribution in [1.82, 2.24) is 4.31 Å². The molecular weight excluding hydrogens is 354 g/mol. The summed E-state index contributed by atoms with van der Waals surface area (Å²) in [6, 6.07) is 4.66. The van der Waals surface area contributed by atoms with Gasteiger partial charge in [-0.2, -0.15) is 4.31 Å². The molecule has 4 nitrogen and oxygen atoms in total. The molecule has 1 aromatic rings. The van der Waals surface area contributed by atoms with E-state index in [1.165, 1.54) is 10.4 Å². The van der Waals surface area contributed by atoms with Crippen LogP contribution in [0.4, 0.5) is 0 Å². The van der Waals surface area contributed by atoms with Gasteiger partial charge in [-0.3, -0.25) is 0 Å². The van der Waals surface area contributed by atoms with E-state index >= 15 is 0 Å². The van der Waals surface area contributed by atoms with Crippen molar-refractivity contribution in [1.29, 1.82) is 0 Å². The van der Waals surface area contributed by atoms with Crippen LogP contribution in [0, 0.1) is 5.92 Å². The van der Waals surface area contributed by atoms with Gasteiger partial charge >= 0.3 is 0 Å². The minimum Gasteiger partial charge on any atom is -0.384 e. The first-order valence-corrected chi connectivity index (χ1v) is 8.50. The second-order valence-electron chi connectivity index (χ2n) is 4.55. The van der Waals surface area contributed by atoms with Gasteiger partial charge < -0.3 is 4.74 Å². The highest BCUT2D eigenvalue weighted by atomic mass is 79.9. The molecular formula is C12H15BrClNO3S. The van der Waals surface area contributed by atoms with E-state index in [1.54, 1.807) is 19.2 Å².